The lowest BCUT2D eigenvalue weighted by molar-refractivity contribution is -0.0441. The number of carbonyl (C=O) groups excluding carboxylic acids is 1. The third kappa shape index (κ3) is 6.48. The molecule has 40 heavy (non-hydrogen) atoms. The normalized spacial score (nSPS) is 25.2. The molecule has 2 aliphatic heterocycles. The minimum absolute atomic E-state index is 0.0266. The molecule has 0 aliphatic carbocycles. The van der Waals surface area contributed by atoms with E-state index in [1.54, 1.807) is 58.0 Å². The summed E-state index contributed by atoms with van der Waals surface area (Å²) in [6, 6.07) is 11.1. The monoisotopic (exact) mass is 592 g/mol. The molecule has 0 spiro atoms. The zero-order valence-electron chi connectivity index (χ0n) is 23.3. The first-order valence-corrected chi connectivity index (χ1v) is 16.0. The van der Waals surface area contributed by atoms with Crippen LogP contribution in [0.25, 0.3) is 6.08 Å². The number of sulfonamides is 2. The molecule has 0 bridgehead atoms. The minimum atomic E-state index is -4.20. The van der Waals surface area contributed by atoms with Crippen molar-refractivity contribution < 1.29 is 35.8 Å². The molecule has 4 rings (SSSR count). The van der Waals surface area contributed by atoms with Crippen LogP contribution >= 0.6 is 0 Å². The lowest BCUT2D eigenvalue weighted by atomic mass is 10.1. The predicted molar refractivity (Wildman–Crippen MR) is 150 cm³/mol. The number of hydrogen-bond acceptors (Lipinski definition) is 8. The van der Waals surface area contributed by atoms with Crippen LogP contribution in [0.5, 0.6) is 5.75 Å². The molecule has 0 radical (unpaired) electrons. The van der Waals surface area contributed by atoms with Gasteiger partial charge >= 0.3 is 0 Å². The van der Waals surface area contributed by atoms with Gasteiger partial charge in [0, 0.05) is 31.7 Å². The maximum absolute atomic E-state index is 14.1. The Morgan fingerprint density at radius 1 is 0.800 bits per heavy atom. The fourth-order valence-corrected chi connectivity index (χ4v) is 8.68. The van der Waals surface area contributed by atoms with Gasteiger partial charge in [0.05, 0.1) is 36.4 Å². The predicted octanol–water partition coefficient (Wildman–Crippen LogP) is 3.19. The number of hydrogen-bond donors (Lipinski definition) is 0. The van der Waals surface area contributed by atoms with Gasteiger partial charge in [0.1, 0.15) is 10.6 Å². The van der Waals surface area contributed by atoms with Crippen LogP contribution in [0.15, 0.2) is 58.3 Å². The lowest BCUT2D eigenvalue weighted by Crippen LogP contribution is -2.48. The second-order valence-corrected chi connectivity index (χ2v) is 14.1. The number of rotatable bonds is 8. The Labute approximate surface area is 236 Å². The second kappa shape index (κ2) is 12.1. The van der Waals surface area contributed by atoms with E-state index in [1.165, 1.54) is 33.9 Å². The zero-order valence-corrected chi connectivity index (χ0v) is 24.9. The van der Waals surface area contributed by atoms with Crippen molar-refractivity contribution >= 4 is 31.9 Å². The Hall–Kier alpha value is -2.61. The Balaban J connectivity index is 1.86. The van der Waals surface area contributed by atoms with Gasteiger partial charge < -0.3 is 14.2 Å². The fraction of sp³-hybridized carbons (Fsp3) is 0.464. The van der Waals surface area contributed by atoms with Gasteiger partial charge in [0.25, 0.3) is 0 Å². The second-order valence-electron chi connectivity index (χ2n) is 10.3. The molecule has 0 unspecified atom stereocenters. The van der Waals surface area contributed by atoms with E-state index < -0.39 is 20.0 Å². The molecule has 2 aliphatic rings. The Morgan fingerprint density at radius 2 is 1.27 bits per heavy atom. The number of methoxy groups -OCH3 is 1. The standard InChI is InChI=1S/C28H36N2O8S2/c1-19-15-29(16-20(2)37-19)39(32,33)27-14-28(40(34,35)30-17-21(3)38-22(4)18-30)26(36-5)13-24(27)11-12-25(31)23-9-7-6-8-10-23/h6-14,19-22H,15-18H2,1-5H3/b12-11+/t19-,20+,21-,22-/m1/s1. The van der Waals surface area contributed by atoms with Gasteiger partial charge in [-0.3, -0.25) is 4.79 Å². The van der Waals surface area contributed by atoms with Crippen molar-refractivity contribution in [1.82, 2.24) is 8.61 Å². The molecule has 2 fully saturated rings. The minimum Gasteiger partial charge on any atom is -0.495 e. The summed E-state index contributed by atoms with van der Waals surface area (Å²) in [7, 11) is -7.05. The highest BCUT2D eigenvalue weighted by Crippen LogP contribution is 2.36. The maximum atomic E-state index is 14.1. The highest BCUT2D eigenvalue weighted by Gasteiger charge is 2.38. The largest absolute Gasteiger partial charge is 0.495 e. The van der Waals surface area contributed by atoms with Crippen LogP contribution in [0, 0.1) is 0 Å². The van der Waals surface area contributed by atoms with E-state index in [9.17, 15) is 21.6 Å². The molecule has 218 valence electrons. The molecule has 0 N–H and O–H groups in total. The highest BCUT2D eigenvalue weighted by atomic mass is 32.2. The van der Waals surface area contributed by atoms with E-state index in [0.717, 1.165) is 6.07 Å². The van der Waals surface area contributed by atoms with Crippen LogP contribution in [0.2, 0.25) is 0 Å². The van der Waals surface area contributed by atoms with E-state index in [4.69, 9.17) is 14.2 Å². The summed E-state index contributed by atoms with van der Waals surface area (Å²) in [5.41, 5.74) is 0.566. The molecule has 2 aromatic carbocycles. The van der Waals surface area contributed by atoms with Gasteiger partial charge in [0.2, 0.25) is 20.0 Å². The van der Waals surface area contributed by atoms with Crippen LogP contribution in [-0.2, 0) is 29.5 Å². The number of morpholine rings is 2. The Bertz CT molecular complexity index is 1460. The van der Waals surface area contributed by atoms with Crippen molar-refractivity contribution in [3.63, 3.8) is 0 Å². The quantitative estimate of drug-likeness (QED) is 0.339. The third-order valence-corrected chi connectivity index (χ3v) is 10.5. The molecule has 0 saturated carbocycles. The van der Waals surface area contributed by atoms with Crippen LogP contribution in [0.4, 0.5) is 0 Å². The number of ketones is 1. The molecular weight excluding hydrogens is 556 g/mol. The molecule has 10 nitrogen and oxygen atoms in total. The summed E-state index contributed by atoms with van der Waals surface area (Å²) in [5, 5.41) is 0. The topological polar surface area (TPSA) is 120 Å². The van der Waals surface area contributed by atoms with Crippen LogP contribution in [0.3, 0.4) is 0 Å². The van der Waals surface area contributed by atoms with Crippen molar-refractivity contribution in [2.75, 3.05) is 33.3 Å². The summed E-state index contributed by atoms with van der Waals surface area (Å²) < 4.78 is 75.3. The first-order chi connectivity index (χ1) is 18.8. The number of nitrogens with zero attached hydrogens (tertiary/aromatic N) is 2. The van der Waals surface area contributed by atoms with Gasteiger partial charge in [-0.2, -0.15) is 8.61 Å². The molecule has 2 heterocycles. The van der Waals surface area contributed by atoms with Gasteiger partial charge in [-0.05, 0) is 57.5 Å². The summed E-state index contributed by atoms with van der Waals surface area (Å²) in [6.07, 6.45) is 1.27. The van der Waals surface area contributed by atoms with E-state index in [-0.39, 0.29) is 77.5 Å². The van der Waals surface area contributed by atoms with Crippen molar-refractivity contribution in [2.45, 2.75) is 61.9 Å². The van der Waals surface area contributed by atoms with Crippen molar-refractivity contribution in [3.8, 4) is 5.75 Å². The van der Waals surface area contributed by atoms with Gasteiger partial charge in [-0.25, -0.2) is 16.8 Å². The van der Waals surface area contributed by atoms with E-state index >= 15 is 0 Å². The van der Waals surface area contributed by atoms with E-state index in [0.29, 0.717) is 5.56 Å². The first kappa shape index (κ1) is 30.4. The average Bonchev–Trinajstić information content (AvgIpc) is 2.90. The van der Waals surface area contributed by atoms with Crippen LogP contribution in [0.1, 0.15) is 43.6 Å². The smallest absolute Gasteiger partial charge is 0.246 e. The number of carbonyl (C=O) groups is 1. The van der Waals surface area contributed by atoms with Gasteiger partial charge in [0.15, 0.2) is 5.78 Å². The zero-order chi connectivity index (χ0) is 29.2. The van der Waals surface area contributed by atoms with Crippen molar-refractivity contribution in [3.05, 3.63) is 59.7 Å². The first-order valence-electron chi connectivity index (χ1n) is 13.1. The summed E-state index contributed by atoms with van der Waals surface area (Å²) in [4.78, 5) is 12.3. The number of benzene rings is 2. The molecule has 2 saturated heterocycles. The average molecular weight is 593 g/mol. The molecular formula is C28H36N2O8S2. The van der Waals surface area contributed by atoms with Gasteiger partial charge in [-0.1, -0.05) is 30.3 Å². The van der Waals surface area contributed by atoms with Crippen LogP contribution in [-0.4, -0.2) is 88.9 Å². The molecule has 2 aromatic rings. The lowest BCUT2D eigenvalue weighted by Gasteiger charge is -2.35. The Kier molecular flexibility index (Phi) is 9.18. The Morgan fingerprint density at radius 3 is 1.75 bits per heavy atom. The maximum Gasteiger partial charge on any atom is 0.246 e. The van der Waals surface area contributed by atoms with E-state index in [2.05, 4.69) is 0 Å². The van der Waals surface area contributed by atoms with Crippen molar-refractivity contribution in [1.29, 1.82) is 0 Å². The summed E-state index contributed by atoms with van der Waals surface area (Å²) in [6.45, 7) is 7.56. The molecule has 4 atom stereocenters. The molecule has 12 heteroatoms. The van der Waals surface area contributed by atoms with E-state index in [1.807, 2.05) is 0 Å². The third-order valence-electron chi connectivity index (χ3n) is 6.78. The number of ether oxygens (including phenoxy) is 3. The van der Waals surface area contributed by atoms with Crippen LogP contribution < -0.4 is 4.74 Å². The SMILES string of the molecule is COc1cc(/C=C/C(=O)c2ccccc2)c(S(=O)(=O)N2C[C@@H](C)O[C@@H](C)C2)cc1S(=O)(=O)N1C[C@@H](C)O[C@H](C)C1. The van der Waals surface area contributed by atoms with Gasteiger partial charge in [-0.15, -0.1) is 0 Å². The summed E-state index contributed by atoms with van der Waals surface area (Å²) in [5.74, 6) is -0.356. The highest BCUT2D eigenvalue weighted by molar-refractivity contribution is 7.90. The number of allylic oxidation sites excluding steroid dienone is 1. The van der Waals surface area contributed by atoms with Crippen molar-refractivity contribution in [2.24, 2.45) is 0 Å². The summed E-state index contributed by atoms with van der Waals surface area (Å²) >= 11 is 0. The fourth-order valence-electron chi connectivity index (χ4n) is 5.07. The molecule has 0 amide bonds. The molecule has 0 aromatic heterocycles.